The third kappa shape index (κ3) is 2.90. The summed E-state index contributed by atoms with van der Waals surface area (Å²) in [4.78, 5) is 15.0. The minimum atomic E-state index is -0.407. The molecule has 3 aromatic rings. The second-order valence-electron chi connectivity index (χ2n) is 6.74. The number of nitrogens with zero attached hydrogens (tertiary/aromatic N) is 1. The van der Waals surface area contributed by atoms with E-state index in [9.17, 15) is 9.18 Å². The Hall–Kier alpha value is -2.94. The van der Waals surface area contributed by atoms with Crippen LogP contribution in [-0.4, -0.2) is 17.4 Å². The molecule has 1 amide bonds. The lowest BCUT2D eigenvalue weighted by atomic mass is 9.87. The Morgan fingerprint density at radius 1 is 0.923 bits per heavy atom. The maximum absolute atomic E-state index is 14.6. The number of hydrogen-bond donors (Lipinski definition) is 0. The molecule has 0 radical (unpaired) electrons. The number of rotatable bonds is 2. The van der Waals surface area contributed by atoms with Gasteiger partial charge >= 0.3 is 0 Å². The molecular weight excluding hydrogens is 325 g/mol. The van der Waals surface area contributed by atoms with Gasteiger partial charge in [0.05, 0.1) is 6.04 Å². The van der Waals surface area contributed by atoms with E-state index in [1.54, 1.807) is 17.0 Å². The van der Waals surface area contributed by atoms with Crippen LogP contribution in [0.1, 0.15) is 38.7 Å². The molecule has 0 saturated carbocycles. The molecule has 0 saturated heterocycles. The van der Waals surface area contributed by atoms with E-state index in [1.807, 2.05) is 55.5 Å². The first-order valence-electron chi connectivity index (χ1n) is 8.85. The average Bonchev–Trinajstić information content (AvgIpc) is 2.68. The molecule has 0 unspecified atom stereocenters. The molecule has 0 fully saturated rings. The highest BCUT2D eigenvalue weighted by Gasteiger charge is 2.33. The van der Waals surface area contributed by atoms with E-state index in [4.69, 9.17) is 0 Å². The molecule has 2 nitrogen and oxygen atoms in total. The zero-order chi connectivity index (χ0) is 18.1. The molecular formula is C23H20FNO. The van der Waals surface area contributed by atoms with Crippen LogP contribution in [0.3, 0.4) is 0 Å². The molecule has 0 aliphatic carbocycles. The number of benzene rings is 3. The third-order valence-corrected chi connectivity index (χ3v) is 5.04. The maximum atomic E-state index is 14.6. The van der Waals surface area contributed by atoms with Gasteiger partial charge in [-0.2, -0.15) is 0 Å². The fourth-order valence-electron chi connectivity index (χ4n) is 3.68. The second kappa shape index (κ2) is 6.75. The predicted molar refractivity (Wildman–Crippen MR) is 101 cm³/mol. The molecule has 26 heavy (non-hydrogen) atoms. The standard InChI is InChI=1S/C23H20FNO/c1-16-10-12-18(13-11-16)23(26)25-15-14-17-6-2-3-7-19(17)22(25)20-8-4-5-9-21(20)24/h2-13,22H,14-15H2,1H3/t22-/m0/s1. The Balaban J connectivity index is 1.82. The van der Waals surface area contributed by atoms with E-state index in [-0.39, 0.29) is 11.7 Å². The summed E-state index contributed by atoms with van der Waals surface area (Å²) in [5, 5.41) is 0. The van der Waals surface area contributed by atoms with Gasteiger partial charge in [0.2, 0.25) is 0 Å². The molecule has 1 atom stereocenters. The molecule has 1 heterocycles. The van der Waals surface area contributed by atoms with E-state index in [0.717, 1.165) is 17.5 Å². The normalized spacial score (nSPS) is 16.2. The van der Waals surface area contributed by atoms with Crippen molar-refractivity contribution in [2.75, 3.05) is 6.54 Å². The van der Waals surface area contributed by atoms with Gasteiger partial charge in [0.15, 0.2) is 0 Å². The van der Waals surface area contributed by atoms with Gasteiger partial charge in [-0.25, -0.2) is 4.39 Å². The number of fused-ring (bicyclic) bond motifs is 1. The van der Waals surface area contributed by atoms with E-state index < -0.39 is 6.04 Å². The first kappa shape index (κ1) is 16.5. The van der Waals surface area contributed by atoms with Gasteiger partial charge in [0, 0.05) is 17.7 Å². The van der Waals surface area contributed by atoms with Gasteiger partial charge in [0.1, 0.15) is 5.82 Å². The van der Waals surface area contributed by atoms with E-state index in [1.165, 1.54) is 11.6 Å². The van der Waals surface area contributed by atoms with Crippen molar-refractivity contribution in [3.05, 3.63) is 106 Å². The molecule has 0 bridgehead atoms. The van der Waals surface area contributed by atoms with Crippen LogP contribution in [-0.2, 0) is 6.42 Å². The van der Waals surface area contributed by atoms with Gasteiger partial charge in [-0.15, -0.1) is 0 Å². The van der Waals surface area contributed by atoms with Crippen molar-refractivity contribution in [3.8, 4) is 0 Å². The van der Waals surface area contributed by atoms with Crippen LogP contribution in [0.25, 0.3) is 0 Å². The number of carbonyl (C=O) groups is 1. The molecule has 1 aliphatic rings. The summed E-state index contributed by atoms with van der Waals surface area (Å²) in [5.74, 6) is -0.344. The van der Waals surface area contributed by atoms with E-state index >= 15 is 0 Å². The summed E-state index contributed by atoms with van der Waals surface area (Å²) in [6.07, 6.45) is 0.777. The van der Waals surface area contributed by atoms with Gasteiger partial charge in [-0.1, -0.05) is 60.2 Å². The summed E-state index contributed by atoms with van der Waals surface area (Å²) in [6, 6.07) is 21.9. The minimum Gasteiger partial charge on any atom is -0.327 e. The Kier molecular flexibility index (Phi) is 4.29. The highest BCUT2D eigenvalue weighted by atomic mass is 19.1. The zero-order valence-corrected chi connectivity index (χ0v) is 14.7. The molecule has 3 aromatic carbocycles. The van der Waals surface area contributed by atoms with Crippen molar-refractivity contribution in [2.45, 2.75) is 19.4 Å². The lowest BCUT2D eigenvalue weighted by molar-refractivity contribution is 0.0692. The number of aryl methyl sites for hydroxylation is 1. The predicted octanol–water partition coefficient (Wildman–Crippen LogP) is 4.92. The van der Waals surface area contributed by atoms with Gasteiger partial charge < -0.3 is 4.90 Å². The molecule has 3 heteroatoms. The van der Waals surface area contributed by atoms with Crippen molar-refractivity contribution in [3.63, 3.8) is 0 Å². The van der Waals surface area contributed by atoms with E-state index in [0.29, 0.717) is 17.7 Å². The van der Waals surface area contributed by atoms with Crippen molar-refractivity contribution in [2.24, 2.45) is 0 Å². The highest BCUT2D eigenvalue weighted by Crippen LogP contribution is 2.37. The van der Waals surface area contributed by atoms with Gasteiger partial charge in [-0.05, 0) is 42.7 Å². The van der Waals surface area contributed by atoms with Crippen molar-refractivity contribution < 1.29 is 9.18 Å². The Bertz CT molecular complexity index is 948. The lowest BCUT2D eigenvalue weighted by Gasteiger charge is -2.38. The van der Waals surface area contributed by atoms with Crippen LogP contribution in [0, 0.1) is 12.7 Å². The van der Waals surface area contributed by atoms with Crippen LogP contribution in [0.5, 0.6) is 0 Å². The van der Waals surface area contributed by atoms with Gasteiger partial charge in [0.25, 0.3) is 5.91 Å². The van der Waals surface area contributed by atoms with E-state index in [2.05, 4.69) is 6.07 Å². The Morgan fingerprint density at radius 3 is 2.31 bits per heavy atom. The molecule has 130 valence electrons. The monoisotopic (exact) mass is 345 g/mol. The van der Waals surface area contributed by atoms with Crippen LogP contribution in [0.2, 0.25) is 0 Å². The first-order valence-corrected chi connectivity index (χ1v) is 8.85. The summed E-state index contributed by atoms with van der Waals surface area (Å²) in [7, 11) is 0. The fraction of sp³-hybridized carbons (Fsp3) is 0.174. The van der Waals surface area contributed by atoms with Crippen LogP contribution in [0.4, 0.5) is 4.39 Å². The number of hydrogen-bond acceptors (Lipinski definition) is 1. The topological polar surface area (TPSA) is 20.3 Å². The summed E-state index contributed by atoms with van der Waals surface area (Å²) in [5.41, 5.74) is 4.46. The first-order chi connectivity index (χ1) is 12.6. The van der Waals surface area contributed by atoms with Crippen LogP contribution in [0.15, 0.2) is 72.8 Å². The Labute approximate surface area is 152 Å². The van der Waals surface area contributed by atoms with Crippen LogP contribution >= 0.6 is 0 Å². The number of amides is 1. The number of carbonyl (C=O) groups excluding carboxylic acids is 1. The average molecular weight is 345 g/mol. The largest absolute Gasteiger partial charge is 0.327 e. The van der Waals surface area contributed by atoms with Crippen molar-refractivity contribution >= 4 is 5.91 Å². The highest BCUT2D eigenvalue weighted by molar-refractivity contribution is 5.95. The quantitative estimate of drug-likeness (QED) is 0.645. The third-order valence-electron chi connectivity index (χ3n) is 5.04. The second-order valence-corrected chi connectivity index (χ2v) is 6.74. The van der Waals surface area contributed by atoms with Gasteiger partial charge in [-0.3, -0.25) is 4.79 Å². The van der Waals surface area contributed by atoms with Crippen molar-refractivity contribution in [1.82, 2.24) is 4.90 Å². The SMILES string of the molecule is Cc1ccc(C(=O)N2CCc3ccccc3[C@H]2c2ccccc2F)cc1. The molecule has 1 aliphatic heterocycles. The Morgan fingerprint density at radius 2 is 1.58 bits per heavy atom. The smallest absolute Gasteiger partial charge is 0.254 e. The zero-order valence-electron chi connectivity index (χ0n) is 14.7. The minimum absolute atomic E-state index is 0.0623. The summed E-state index contributed by atoms with van der Waals surface area (Å²) >= 11 is 0. The molecule has 0 aromatic heterocycles. The fourth-order valence-corrected chi connectivity index (χ4v) is 3.68. The molecule has 0 spiro atoms. The summed E-state index contributed by atoms with van der Waals surface area (Å²) in [6.45, 7) is 2.57. The van der Waals surface area contributed by atoms with Crippen LogP contribution < -0.4 is 0 Å². The maximum Gasteiger partial charge on any atom is 0.254 e. The number of halogens is 1. The molecule has 0 N–H and O–H groups in total. The summed E-state index contributed by atoms with van der Waals surface area (Å²) < 4.78 is 14.6. The molecule has 4 rings (SSSR count). The van der Waals surface area contributed by atoms with Crippen molar-refractivity contribution in [1.29, 1.82) is 0 Å². The lowest BCUT2D eigenvalue weighted by Crippen LogP contribution is -2.41.